The maximum atomic E-state index is 4.77. The second kappa shape index (κ2) is 4.17. The number of nitrogens with zero attached hydrogens (tertiary/aromatic N) is 1. The maximum absolute atomic E-state index is 4.77. The van der Waals surface area contributed by atoms with E-state index in [1.165, 1.54) is 49.1 Å². The Bertz CT molecular complexity index is 382. The smallest absolute Gasteiger partial charge is 0.0454 e. The summed E-state index contributed by atoms with van der Waals surface area (Å²) in [4.78, 5) is 4.77. The van der Waals surface area contributed by atoms with Gasteiger partial charge in [-0.1, -0.05) is 13.0 Å². The molecular formula is C14H20N2. The highest BCUT2D eigenvalue weighted by atomic mass is 15.0. The largest absolute Gasteiger partial charge is 0.307 e. The highest BCUT2D eigenvalue weighted by Gasteiger charge is 2.28. The van der Waals surface area contributed by atoms with Crippen LogP contribution in [0.1, 0.15) is 55.6 Å². The molecule has 1 atom stereocenters. The lowest BCUT2D eigenvalue weighted by molar-refractivity contribution is 0.451. The molecule has 0 bridgehead atoms. The van der Waals surface area contributed by atoms with E-state index in [1.54, 1.807) is 0 Å². The summed E-state index contributed by atoms with van der Waals surface area (Å²) in [5.41, 5.74) is 4.06. The topological polar surface area (TPSA) is 24.9 Å². The van der Waals surface area contributed by atoms with Crippen LogP contribution in [0.3, 0.4) is 0 Å². The number of hydrogen-bond donors (Lipinski definition) is 1. The van der Waals surface area contributed by atoms with E-state index >= 15 is 0 Å². The van der Waals surface area contributed by atoms with Crippen molar-refractivity contribution in [2.75, 3.05) is 0 Å². The van der Waals surface area contributed by atoms with Crippen molar-refractivity contribution in [2.45, 2.75) is 57.5 Å². The molecular weight excluding hydrogens is 196 g/mol. The van der Waals surface area contributed by atoms with Gasteiger partial charge in [0, 0.05) is 23.5 Å². The summed E-state index contributed by atoms with van der Waals surface area (Å²) >= 11 is 0. The molecule has 2 aliphatic rings. The SMILES string of the molecule is CCc1ccc2c(n1)CCCC2NC1CC1. The normalized spacial score (nSPS) is 24.2. The first-order valence-corrected chi connectivity index (χ1v) is 6.61. The molecule has 1 aromatic rings. The summed E-state index contributed by atoms with van der Waals surface area (Å²) in [6, 6.07) is 5.88. The van der Waals surface area contributed by atoms with Crippen LogP contribution in [0.2, 0.25) is 0 Å². The molecule has 0 aromatic carbocycles. The lowest BCUT2D eigenvalue weighted by Crippen LogP contribution is -2.27. The Morgan fingerprint density at radius 2 is 2.19 bits per heavy atom. The number of aryl methyl sites for hydroxylation is 2. The molecule has 0 saturated heterocycles. The number of fused-ring (bicyclic) bond motifs is 1. The van der Waals surface area contributed by atoms with Crippen LogP contribution in [0, 0.1) is 0 Å². The van der Waals surface area contributed by atoms with Crippen LogP contribution >= 0.6 is 0 Å². The fourth-order valence-electron chi connectivity index (χ4n) is 2.61. The number of pyridine rings is 1. The molecule has 0 spiro atoms. The predicted molar refractivity (Wildman–Crippen MR) is 65.5 cm³/mol. The minimum atomic E-state index is 0.578. The summed E-state index contributed by atoms with van der Waals surface area (Å²) in [6.07, 6.45) is 7.53. The van der Waals surface area contributed by atoms with Crippen LogP contribution in [-0.2, 0) is 12.8 Å². The van der Waals surface area contributed by atoms with Gasteiger partial charge in [0.25, 0.3) is 0 Å². The van der Waals surface area contributed by atoms with Crippen LogP contribution in [0.4, 0.5) is 0 Å². The zero-order valence-electron chi connectivity index (χ0n) is 10.00. The molecule has 2 aliphatic carbocycles. The van der Waals surface area contributed by atoms with Crippen molar-refractivity contribution in [2.24, 2.45) is 0 Å². The zero-order valence-corrected chi connectivity index (χ0v) is 10.00. The molecule has 86 valence electrons. The van der Waals surface area contributed by atoms with E-state index in [0.717, 1.165) is 12.5 Å². The number of aromatic nitrogens is 1. The molecule has 1 saturated carbocycles. The fourth-order valence-corrected chi connectivity index (χ4v) is 2.61. The van der Waals surface area contributed by atoms with Gasteiger partial charge in [-0.2, -0.15) is 0 Å². The number of nitrogens with one attached hydrogen (secondary N) is 1. The zero-order chi connectivity index (χ0) is 11.0. The van der Waals surface area contributed by atoms with E-state index in [0.29, 0.717) is 6.04 Å². The van der Waals surface area contributed by atoms with Crippen molar-refractivity contribution in [3.05, 3.63) is 29.1 Å². The van der Waals surface area contributed by atoms with Crippen LogP contribution in [0.5, 0.6) is 0 Å². The van der Waals surface area contributed by atoms with E-state index in [-0.39, 0.29) is 0 Å². The average Bonchev–Trinajstić information content (AvgIpc) is 3.13. The van der Waals surface area contributed by atoms with Gasteiger partial charge in [0.1, 0.15) is 0 Å². The lowest BCUT2D eigenvalue weighted by atomic mass is 9.91. The Kier molecular flexibility index (Phi) is 2.68. The van der Waals surface area contributed by atoms with Gasteiger partial charge in [-0.15, -0.1) is 0 Å². The second-order valence-corrected chi connectivity index (χ2v) is 5.08. The van der Waals surface area contributed by atoms with Gasteiger partial charge >= 0.3 is 0 Å². The Morgan fingerprint density at radius 3 is 2.94 bits per heavy atom. The van der Waals surface area contributed by atoms with Gasteiger partial charge in [-0.3, -0.25) is 4.98 Å². The Labute approximate surface area is 97.5 Å². The molecule has 1 aromatic heterocycles. The summed E-state index contributed by atoms with van der Waals surface area (Å²) < 4.78 is 0. The van der Waals surface area contributed by atoms with Crippen LogP contribution in [0.15, 0.2) is 12.1 Å². The number of hydrogen-bond acceptors (Lipinski definition) is 2. The Hall–Kier alpha value is -0.890. The molecule has 1 unspecified atom stereocenters. The Morgan fingerprint density at radius 1 is 1.31 bits per heavy atom. The molecule has 0 amide bonds. The average molecular weight is 216 g/mol. The van der Waals surface area contributed by atoms with E-state index in [9.17, 15) is 0 Å². The summed E-state index contributed by atoms with van der Waals surface area (Å²) in [5, 5.41) is 3.75. The molecule has 1 heterocycles. The summed E-state index contributed by atoms with van der Waals surface area (Å²) in [7, 11) is 0. The van der Waals surface area contributed by atoms with Gasteiger partial charge < -0.3 is 5.32 Å². The maximum Gasteiger partial charge on any atom is 0.0454 e. The van der Waals surface area contributed by atoms with Crippen molar-refractivity contribution in [1.82, 2.24) is 10.3 Å². The quantitative estimate of drug-likeness (QED) is 0.840. The van der Waals surface area contributed by atoms with E-state index in [2.05, 4.69) is 24.4 Å². The van der Waals surface area contributed by atoms with E-state index in [4.69, 9.17) is 4.98 Å². The van der Waals surface area contributed by atoms with Crippen molar-refractivity contribution in [3.63, 3.8) is 0 Å². The predicted octanol–water partition coefficient (Wildman–Crippen LogP) is 2.77. The first-order valence-electron chi connectivity index (χ1n) is 6.61. The second-order valence-electron chi connectivity index (χ2n) is 5.08. The third kappa shape index (κ3) is 1.99. The highest BCUT2D eigenvalue weighted by Crippen LogP contribution is 2.32. The van der Waals surface area contributed by atoms with Gasteiger partial charge in [0.15, 0.2) is 0 Å². The lowest BCUT2D eigenvalue weighted by Gasteiger charge is -2.26. The van der Waals surface area contributed by atoms with Gasteiger partial charge in [0.05, 0.1) is 0 Å². The highest BCUT2D eigenvalue weighted by molar-refractivity contribution is 5.29. The molecule has 2 nitrogen and oxygen atoms in total. The van der Waals surface area contributed by atoms with Crippen LogP contribution in [-0.4, -0.2) is 11.0 Å². The van der Waals surface area contributed by atoms with Crippen molar-refractivity contribution in [3.8, 4) is 0 Å². The Balaban J connectivity index is 1.85. The molecule has 0 radical (unpaired) electrons. The molecule has 0 aliphatic heterocycles. The van der Waals surface area contributed by atoms with Crippen molar-refractivity contribution in [1.29, 1.82) is 0 Å². The number of rotatable bonds is 3. The third-order valence-electron chi connectivity index (χ3n) is 3.73. The van der Waals surface area contributed by atoms with Gasteiger partial charge in [-0.05, 0) is 50.2 Å². The monoisotopic (exact) mass is 216 g/mol. The minimum absolute atomic E-state index is 0.578. The van der Waals surface area contributed by atoms with E-state index in [1.807, 2.05) is 0 Å². The van der Waals surface area contributed by atoms with Gasteiger partial charge in [0.2, 0.25) is 0 Å². The van der Waals surface area contributed by atoms with Crippen LogP contribution in [0.25, 0.3) is 0 Å². The van der Waals surface area contributed by atoms with Crippen molar-refractivity contribution < 1.29 is 0 Å². The fraction of sp³-hybridized carbons (Fsp3) is 0.643. The molecule has 16 heavy (non-hydrogen) atoms. The first kappa shape index (κ1) is 10.3. The third-order valence-corrected chi connectivity index (χ3v) is 3.73. The first-order chi connectivity index (χ1) is 7.86. The minimum Gasteiger partial charge on any atom is -0.307 e. The van der Waals surface area contributed by atoms with Gasteiger partial charge in [-0.25, -0.2) is 0 Å². The standard InChI is InChI=1S/C14H20N2/c1-2-10-8-9-12-13(15-10)4-3-5-14(12)16-11-6-7-11/h8-9,11,14,16H,2-7H2,1H3. The van der Waals surface area contributed by atoms with E-state index < -0.39 is 0 Å². The molecule has 1 fully saturated rings. The summed E-state index contributed by atoms with van der Waals surface area (Å²) in [6.45, 7) is 2.18. The molecule has 2 heteroatoms. The molecule has 3 rings (SSSR count). The van der Waals surface area contributed by atoms with Crippen LogP contribution < -0.4 is 5.32 Å². The summed E-state index contributed by atoms with van der Waals surface area (Å²) in [5.74, 6) is 0. The van der Waals surface area contributed by atoms with Crippen molar-refractivity contribution >= 4 is 0 Å². The molecule has 1 N–H and O–H groups in total.